The first kappa shape index (κ1) is 23.9. The van der Waals surface area contributed by atoms with Gasteiger partial charge in [0.25, 0.3) is 5.56 Å². The van der Waals surface area contributed by atoms with Crippen LogP contribution >= 0.6 is 0 Å². The quantitative estimate of drug-likeness (QED) is 0.442. The lowest BCUT2D eigenvalue weighted by Crippen LogP contribution is -2.29. The summed E-state index contributed by atoms with van der Waals surface area (Å²) in [7, 11) is 1.74. The first-order valence-electron chi connectivity index (χ1n) is 10.7. The van der Waals surface area contributed by atoms with E-state index in [0.29, 0.717) is 17.8 Å². The zero-order valence-corrected chi connectivity index (χ0v) is 19.1. The van der Waals surface area contributed by atoms with E-state index in [1.807, 2.05) is 13.0 Å². The summed E-state index contributed by atoms with van der Waals surface area (Å²) in [6.45, 7) is 3.65. The smallest absolute Gasteiger partial charge is 0.335 e. The molecule has 2 atom stereocenters. The highest BCUT2D eigenvalue weighted by Crippen LogP contribution is 2.31. The summed E-state index contributed by atoms with van der Waals surface area (Å²) in [5, 5.41) is 13.8. The second kappa shape index (κ2) is 9.17. The Kier molecular flexibility index (Phi) is 6.26. The Morgan fingerprint density at radius 3 is 2.43 bits per heavy atom. The number of rotatable bonds is 6. The molecule has 0 aliphatic carbocycles. The lowest BCUT2D eigenvalue weighted by molar-refractivity contribution is -0.137. The molecule has 0 amide bonds. The second-order valence-electron chi connectivity index (χ2n) is 7.93. The van der Waals surface area contributed by atoms with Crippen LogP contribution in [0, 0.1) is 11.3 Å². The van der Waals surface area contributed by atoms with Gasteiger partial charge in [0.15, 0.2) is 17.2 Å². The SMILES string of the molecule is CCC(c1ncccn1)N(C)c1nc2c(c(C#N)nn2C(C)c2ccc(C(F)(F)F)cc2)c(=O)[nH]1. The van der Waals surface area contributed by atoms with Gasteiger partial charge in [0.05, 0.1) is 17.6 Å². The Morgan fingerprint density at radius 2 is 1.86 bits per heavy atom. The molecule has 0 aliphatic rings. The largest absolute Gasteiger partial charge is 0.416 e. The molecule has 180 valence electrons. The number of nitrogens with zero attached hydrogens (tertiary/aromatic N) is 7. The molecule has 0 saturated carbocycles. The van der Waals surface area contributed by atoms with E-state index >= 15 is 0 Å². The molecule has 0 bridgehead atoms. The van der Waals surface area contributed by atoms with Crippen molar-refractivity contribution in [3.05, 3.63) is 75.7 Å². The summed E-state index contributed by atoms with van der Waals surface area (Å²) in [5.74, 6) is 0.761. The number of aromatic nitrogens is 6. The summed E-state index contributed by atoms with van der Waals surface area (Å²) in [6.07, 6.45) is -0.593. The maximum absolute atomic E-state index is 13.0. The molecule has 4 rings (SSSR count). The van der Waals surface area contributed by atoms with Gasteiger partial charge in [-0.05, 0) is 37.1 Å². The lowest BCUT2D eigenvalue weighted by atomic mass is 10.1. The minimum absolute atomic E-state index is 0.00687. The molecule has 3 heterocycles. The summed E-state index contributed by atoms with van der Waals surface area (Å²) < 4.78 is 40.3. The van der Waals surface area contributed by atoms with Gasteiger partial charge in [0, 0.05) is 19.4 Å². The van der Waals surface area contributed by atoms with E-state index in [2.05, 4.69) is 25.0 Å². The van der Waals surface area contributed by atoms with Crippen LogP contribution in [0.4, 0.5) is 19.1 Å². The van der Waals surface area contributed by atoms with Gasteiger partial charge < -0.3 is 4.90 Å². The minimum atomic E-state index is -4.46. The number of benzene rings is 1. The van der Waals surface area contributed by atoms with Crippen LogP contribution in [0.25, 0.3) is 11.0 Å². The van der Waals surface area contributed by atoms with E-state index in [1.165, 1.54) is 16.8 Å². The van der Waals surface area contributed by atoms with Gasteiger partial charge in [-0.15, -0.1) is 0 Å². The molecule has 12 heteroatoms. The van der Waals surface area contributed by atoms with Crippen LogP contribution in [-0.2, 0) is 6.18 Å². The second-order valence-corrected chi connectivity index (χ2v) is 7.93. The Labute approximate surface area is 197 Å². The number of halogens is 3. The molecule has 35 heavy (non-hydrogen) atoms. The lowest BCUT2D eigenvalue weighted by Gasteiger charge is -2.26. The molecule has 1 aromatic carbocycles. The monoisotopic (exact) mass is 482 g/mol. The van der Waals surface area contributed by atoms with E-state index in [0.717, 1.165) is 12.1 Å². The third-order valence-electron chi connectivity index (χ3n) is 5.81. The number of hydrogen-bond acceptors (Lipinski definition) is 7. The molecular weight excluding hydrogens is 461 g/mol. The molecule has 1 N–H and O–H groups in total. The van der Waals surface area contributed by atoms with E-state index in [-0.39, 0.29) is 28.7 Å². The van der Waals surface area contributed by atoms with Gasteiger partial charge >= 0.3 is 6.18 Å². The Hall–Kier alpha value is -4.27. The number of nitriles is 1. The minimum Gasteiger partial charge on any atom is -0.335 e. The number of nitrogens with one attached hydrogen (secondary N) is 1. The molecule has 0 fully saturated rings. The first-order chi connectivity index (χ1) is 16.7. The van der Waals surface area contributed by atoms with Gasteiger partial charge in [0.1, 0.15) is 11.5 Å². The average molecular weight is 482 g/mol. The highest BCUT2D eigenvalue weighted by Gasteiger charge is 2.30. The van der Waals surface area contributed by atoms with Crippen molar-refractivity contribution in [3.8, 4) is 6.07 Å². The molecule has 0 spiro atoms. The standard InChI is InChI=1S/C23H21F3N8O/c1-4-17(19-28-10-5-11-29-19)33(3)22-30-20-18(21(35)31-22)16(12-27)32-34(20)13(2)14-6-8-15(9-7-14)23(24,25)26/h5-11,13,17H,4H2,1-3H3,(H,30,31,35). The van der Waals surface area contributed by atoms with Crippen molar-refractivity contribution in [2.45, 2.75) is 38.5 Å². The summed E-state index contributed by atoms with van der Waals surface area (Å²) >= 11 is 0. The number of alkyl halides is 3. The zero-order valence-electron chi connectivity index (χ0n) is 19.1. The van der Waals surface area contributed by atoms with Crippen LogP contribution in [0.3, 0.4) is 0 Å². The summed E-state index contributed by atoms with van der Waals surface area (Å²) in [4.78, 5) is 30.6. The fourth-order valence-corrected chi connectivity index (χ4v) is 3.90. The van der Waals surface area contributed by atoms with Gasteiger partial charge in [-0.1, -0.05) is 19.1 Å². The van der Waals surface area contributed by atoms with Crippen LogP contribution in [0.15, 0.2) is 47.5 Å². The first-order valence-corrected chi connectivity index (χ1v) is 10.7. The number of H-pyrrole nitrogens is 1. The van der Waals surface area contributed by atoms with Crippen LogP contribution in [0.2, 0.25) is 0 Å². The molecule has 2 unspecified atom stereocenters. The number of aromatic amines is 1. The predicted molar refractivity (Wildman–Crippen MR) is 122 cm³/mol. The Balaban J connectivity index is 1.81. The van der Waals surface area contributed by atoms with Crippen molar-refractivity contribution in [3.63, 3.8) is 0 Å². The third kappa shape index (κ3) is 4.44. The van der Waals surface area contributed by atoms with Crippen molar-refractivity contribution in [2.24, 2.45) is 0 Å². The molecule has 0 radical (unpaired) electrons. The van der Waals surface area contributed by atoms with Crippen LogP contribution in [-0.4, -0.2) is 36.8 Å². The number of hydrogen-bond donors (Lipinski definition) is 1. The average Bonchev–Trinajstić information content (AvgIpc) is 3.23. The highest BCUT2D eigenvalue weighted by molar-refractivity contribution is 5.81. The highest BCUT2D eigenvalue weighted by atomic mass is 19.4. The summed E-state index contributed by atoms with van der Waals surface area (Å²) in [6, 6.07) is 7.34. The van der Waals surface area contributed by atoms with Crippen LogP contribution < -0.4 is 10.5 Å². The number of fused-ring (bicyclic) bond motifs is 1. The summed E-state index contributed by atoms with van der Waals surface area (Å²) in [5.41, 5.74) is -0.802. The third-order valence-corrected chi connectivity index (χ3v) is 5.81. The molecule has 0 aliphatic heterocycles. The van der Waals surface area contributed by atoms with Gasteiger partial charge in [-0.3, -0.25) is 9.78 Å². The van der Waals surface area contributed by atoms with Crippen LogP contribution in [0.1, 0.15) is 55.0 Å². The Morgan fingerprint density at radius 1 is 1.20 bits per heavy atom. The molecule has 4 aromatic rings. The van der Waals surface area contributed by atoms with E-state index < -0.39 is 23.3 Å². The Bertz CT molecular complexity index is 1440. The predicted octanol–water partition coefficient (Wildman–Crippen LogP) is 4.00. The maximum Gasteiger partial charge on any atom is 0.416 e. The molecule has 3 aromatic heterocycles. The van der Waals surface area contributed by atoms with Crippen molar-refractivity contribution in [1.82, 2.24) is 29.7 Å². The molecule has 9 nitrogen and oxygen atoms in total. The van der Waals surface area contributed by atoms with Crippen molar-refractivity contribution < 1.29 is 13.2 Å². The van der Waals surface area contributed by atoms with E-state index in [9.17, 15) is 23.2 Å². The topological polar surface area (TPSA) is 116 Å². The number of anilines is 1. The van der Waals surface area contributed by atoms with E-state index in [4.69, 9.17) is 0 Å². The van der Waals surface area contributed by atoms with Gasteiger partial charge in [-0.25, -0.2) is 14.6 Å². The van der Waals surface area contributed by atoms with Crippen molar-refractivity contribution in [2.75, 3.05) is 11.9 Å². The maximum atomic E-state index is 13.0. The fraction of sp³-hybridized carbons (Fsp3) is 0.304. The van der Waals surface area contributed by atoms with Gasteiger partial charge in [0.2, 0.25) is 5.95 Å². The normalized spacial score (nSPS) is 13.4. The van der Waals surface area contributed by atoms with Crippen molar-refractivity contribution in [1.29, 1.82) is 5.26 Å². The van der Waals surface area contributed by atoms with E-state index in [1.54, 1.807) is 37.3 Å². The molecular formula is C23H21F3N8O. The van der Waals surface area contributed by atoms with Gasteiger partial charge in [-0.2, -0.15) is 28.5 Å². The van der Waals surface area contributed by atoms with Crippen LogP contribution in [0.5, 0.6) is 0 Å². The van der Waals surface area contributed by atoms with Crippen molar-refractivity contribution >= 4 is 17.0 Å². The fourth-order valence-electron chi connectivity index (χ4n) is 3.90. The molecule has 0 saturated heterocycles. The zero-order chi connectivity index (χ0) is 25.3.